The summed E-state index contributed by atoms with van der Waals surface area (Å²) < 4.78 is 10.4. The molecule has 4 nitrogen and oxygen atoms in total. The van der Waals surface area contributed by atoms with Crippen LogP contribution in [0, 0.1) is 11.3 Å². The molecule has 1 aliphatic rings. The molecule has 1 aliphatic heterocycles. The number of ether oxygens (including phenoxy) is 2. The minimum atomic E-state index is -0.143. The Morgan fingerprint density at radius 2 is 2.00 bits per heavy atom. The Hall–Kier alpha value is -0.280. The van der Waals surface area contributed by atoms with Crippen LogP contribution in [-0.4, -0.2) is 62.5 Å². The molecule has 0 aromatic heterocycles. The summed E-state index contributed by atoms with van der Waals surface area (Å²) in [4.78, 5) is 2.39. The summed E-state index contributed by atoms with van der Waals surface area (Å²) in [6.07, 6.45) is 4.93. The average molecular weight is 272 g/mol. The second-order valence-electron chi connectivity index (χ2n) is 4.61. The smallest absolute Gasteiger partial charge is 0.104 e. The number of piperidine rings is 1. The summed E-state index contributed by atoms with van der Waals surface area (Å²) in [6, 6.07) is 2.47. The number of nitriles is 1. The van der Waals surface area contributed by atoms with Crippen molar-refractivity contribution in [3.8, 4) is 6.07 Å². The van der Waals surface area contributed by atoms with Crippen molar-refractivity contribution < 1.29 is 9.47 Å². The first-order valence-electron chi connectivity index (χ1n) is 6.52. The fraction of sp³-hybridized carbons (Fsp3) is 0.923. The number of thioether (sulfide) groups is 1. The quantitative estimate of drug-likeness (QED) is 0.630. The second kappa shape index (κ2) is 8.76. The Labute approximate surface area is 115 Å². The summed E-state index contributed by atoms with van der Waals surface area (Å²) in [7, 11) is 1.71. The van der Waals surface area contributed by atoms with Gasteiger partial charge in [-0.15, -0.1) is 11.8 Å². The van der Waals surface area contributed by atoms with Crippen LogP contribution >= 0.6 is 11.8 Å². The molecule has 0 aliphatic carbocycles. The molecule has 0 bridgehead atoms. The molecule has 1 fully saturated rings. The van der Waals surface area contributed by atoms with Crippen molar-refractivity contribution in [1.29, 1.82) is 5.26 Å². The highest BCUT2D eigenvalue weighted by molar-refractivity contribution is 8.00. The van der Waals surface area contributed by atoms with Gasteiger partial charge in [0.15, 0.2) is 0 Å². The number of hydrogen-bond acceptors (Lipinski definition) is 5. The normalized spacial score (nSPS) is 19.6. The molecule has 0 unspecified atom stereocenters. The van der Waals surface area contributed by atoms with Gasteiger partial charge in [-0.2, -0.15) is 5.26 Å². The maximum Gasteiger partial charge on any atom is 0.104 e. The summed E-state index contributed by atoms with van der Waals surface area (Å²) in [6.45, 7) is 5.31. The molecular weight excluding hydrogens is 248 g/mol. The van der Waals surface area contributed by atoms with Crippen molar-refractivity contribution in [2.75, 3.05) is 52.8 Å². The first kappa shape index (κ1) is 15.8. The predicted octanol–water partition coefficient (Wildman–Crippen LogP) is 1.76. The molecule has 1 saturated heterocycles. The van der Waals surface area contributed by atoms with Gasteiger partial charge in [0.05, 0.1) is 12.7 Å². The van der Waals surface area contributed by atoms with Crippen LogP contribution in [0.5, 0.6) is 0 Å². The monoisotopic (exact) mass is 272 g/mol. The lowest BCUT2D eigenvalue weighted by atomic mass is 9.97. The van der Waals surface area contributed by atoms with Crippen molar-refractivity contribution >= 4 is 11.8 Å². The van der Waals surface area contributed by atoms with Crippen molar-refractivity contribution in [1.82, 2.24) is 4.90 Å². The molecule has 1 heterocycles. The molecule has 0 N–H and O–H groups in total. The Morgan fingerprint density at radius 1 is 1.28 bits per heavy atom. The van der Waals surface area contributed by atoms with Gasteiger partial charge in [-0.05, 0) is 25.5 Å². The number of methoxy groups -OCH3 is 1. The van der Waals surface area contributed by atoms with Gasteiger partial charge in [0.2, 0.25) is 0 Å². The zero-order valence-corrected chi connectivity index (χ0v) is 12.3. The highest BCUT2D eigenvalue weighted by atomic mass is 32.2. The molecule has 0 radical (unpaired) electrons. The summed E-state index contributed by atoms with van der Waals surface area (Å²) >= 11 is 1.70. The van der Waals surface area contributed by atoms with Gasteiger partial charge < -0.3 is 14.4 Å². The van der Waals surface area contributed by atoms with E-state index < -0.39 is 0 Å². The summed E-state index contributed by atoms with van der Waals surface area (Å²) in [5, 5.41) is 9.20. The summed E-state index contributed by atoms with van der Waals surface area (Å²) in [5.41, 5.74) is 0. The molecule has 0 aromatic rings. The molecule has 0 saturated carbocycles. The SMILES string of the molecule is COCCCOCCN1CCC(C#N)(SC)CC1. The first-order valence-corrected chi connectivity index (χ1v) is 7.74. The Morgan fingerprint density at radius 3 is 2.56 bits per heavy atom. The van der Waals surface area contributed by atoms with Gasteiger partial charge in [0.1, 0.15) is 4.75 Å². The van der Waals surface area contributed by atoms with Crippen LogP contribution in [0.4, 0.5) is 0 Å². The molecule has 0 aromatic carbocycles. The molecule has 5 heteroatoms. The fourth-order valence-corrected chi connectivity index (χ4v) is 2.78. The van der Waals surface area contributed by atoms with E-state index in [4.69, 9.17) is 9.47 Å². The molecule has 0 atom stereocenters. The van der Waals surface area contributed by atoms with Gasteiger partial charge in [0, 0.05) is 40.0 Å². The van der Waals surface area contributed by atoms with E-state index in [0.29, 0.717) is 0 Å². The third-order valence-corrected chi connectivity index (χ3v) is 4.73. The van der Waals surface area contributed by atoms with Crippen LogP contribution in [-0.2, 0) is 9.47 Å². The Bertz CT molecular complexity index is 260. The van der Waals surface area contributed by atoms with Crippen molar-refractivity contribution in [2.24, 2.45) is 0 Å². The molecular formula is C13H24N2O2S. The van der Waals surface area contributed by atoms with E-state index in [1.54, 1.807) is 18.9 Å². The van der Waals surface area contributed by atoms with Crippen LogP contribution in [0.3, 0.4) is 0 Å². The molecule has 1 rings (SSSR count). The fourth-order valence-electron chi connectivity index (χ4n) is 2.10. The minimum Gasteiger partial charge on any atom is -0.385 e. The van der Waals surface area contributed by atoms with Gasteiger partial charge in [-0.25, -0.2) is 0 Å². The predicted molar refractivity (Wildman–Crippen MR) is 74.8 cm³/mol. The van der Waals surface area contributed by atoms with E-state index in [1.165, 1.54) is 0 Å². The number of rotatable bonds is 8. The van der Waals surface area contributed by atoms with Gasteiger partial charge in [0.25, 0.3) is 0 Å². The maximum absolute atomic E-state index is 9.20. The van der Waals surface area contributed by atoms with Gasteiger partial charge >= 0.3 is 0 Å². The zero-order valence-electron chi connectivity index (χ0n) is 11.5. The van der Waals surface area contributed by atoms with Crippen LogP contribution in [0.15, 0.2) is 0 Å². The van der Waals surface area contributed by atoms with E-state index in [2.05, 4.69) is 11.0 Å². The van der Waals surface area contributed by atoms with E-state index >= 15 is 0 Å². The largest absolute Gasteiger partial charge is 0.385 e. The number of hydrogen-bond donors (Lipinski definition) is 0. The third-order valence-electron chi connectivity index (χ3n) is 3.45. The minimum absolute atomic E-state index is 0.143. The Kier molecular flexibility index (Phi) is 7.68. The maximum atomic E-state index is 9.20. The van der Waals surface area contributed by atoms with Gasteiger partial charge in [-0.3, -0.25) is 0 Å². The van der Waals surface area contributed by atoms with Crippen molar-refractivity contribution in [3.05, 3.63) is 0 Å². The third kappa shape index (κ3) is 5.15. The van der Waals surface area contributed by atoms with Crippen molar-refractivity contribution in [2.45, 2.75) is 24.0 Å². The topological polar surface area (TPSA) is 45.5 Å². The lowest BCUT2D eigenvalue weighted by molar-refractivity contribution is 0.0779. The van der Waals surface area contributed by atoms with Crippen molar-refractivity contribution in [3.63, 3.8) is 0 Å². The highest BCUT2D eigenvalue weighted by Crippen LogP contribution is 2.33. The standard InChI is InChI=1S/C13H24N2O2S/c1-16-9-3-10-17-11-8-15-6-4-13(12-14,18-2)5-7-15/h3-11H2,1-2H3. The Balaban J connectivity index is 2.07. The van der Waals surface area contributed by atoms with E-state index in [-0.39, 0.29) is 4.75 Å². The molecule has 18 heavy (non-hydrogen) atoms. The number of likely N-dealkylation sites (tertiary alicyclic amines) is 1. The zero-order chi connectivity index (χ0) is 13.3. The van der Waals surface area contributed by atoms with Crippen LogP contribution in [0.1, 0.15) is 19.3 Å². The average Bonchev–Trinajstić information content (AvgIpc) is 2.43. The molecule has 0 amide bonds. The van der Waals surface area contributed by atoms with E-state index in [1.807, 2.05) is 6.26 Å². The van der Waals surface area contributed by atoms with E-state index in [0.717, 1.165) is 58.7 Å². The van der Waals surface area contributed by atoms with Gasteiger partial charge in [-0.1, -0.05) is 0 Å². The number of nitrogens with zero attached hydrogens (tertiary/aromatic N) is 2. The second-order valence-corrected chi connectivity index (χ2v) is 5.80. The van der Waals surface area contributed by atoms with Crippen LogP contribution in [0.2, 0.25) is 0 Å². The van der Waals surface area contributed by atoms with Crippen LogP contribution < -0.4 is 0 Å². The molecule has 0 spiro atoms. The lowest BCUT2D eigenvalue weighted by Gasteiger charge is -2.36. The lowest BCUT2D eigenvalue weighted by Crippen LogP contribution is -2.42. The van der Waals surface area contributed by atoms with E-state index in [9.17, 15) is 5.26 Å². The molecule has 104 valence electrons. The first-order chi connectivity index (χ1) is 8.76. The van der Waals surface area contributed by atoms with Crippen LogP contribution in [0.25, 0.3) is 0 Å². The summed E-state index contributed by atoms with van der Waals surface area (Å²) in [5.74, 6) is 0. The highest BCUT2D eigenvalue weighted by Gasteiger charge is 2.33.